The standard InChI is InChI=1S/C8H18FNO2S/c1-3-5-6-7-10(9)13(11,12)8-4-2/h3-8H2,1-2H3. The Morgan fingerprint density at radius 1 is 1.15 bits per heavy atom. The third-order valence-electron chi connectivity index (χ3n) is 1.70. The van der Waals surface area contributed by atoms with E-state index < -0.39 is 10.0 Å². The smallest absolute Gasteiger partial charge is 0.210 e. The Kier molecular flexibility index (Phi) is 6.24. The Labute approximate surface area is 79.9 Å². The fourth-order valence-corrected chi connectivity index (χ4v) is 2.10. The van der Waals surface area contributed by atoms with Crippen molar-refractivity contribution in [2.45, 2.75) is 39.5 Å². The molecule has 0 spiro atoms. The molecule has 0 saturated heterocycles. The van der Waals surface area contributed by atoms with Crippen LogP contribution in [-0.4, -0.2) is 25.2 Å². The van der Waals surface area contributed by atoms with Gasteiger partial charge in [0.1, 0.15) is 0 Å². The van der Waals surface area contributed by atoms with Gasteiger partial charge in [-0.15, -0.1) is 4.48 Å². The number of nitrogens with zero attached hydrogens (tertiary/aromatic N) is 1. The van der Waals surface area contributed by atoms with Gasteiger partial charge in [-0.1, -0.05) is 26.7 Å². The highest BCUT2D eigenvalue weighted by molar-refractivity contribution is 7.88. The minimum Gasteiger partial charge on any atom is -0.210 e. The monoisotopic (exact) mass is 211 g/mol. The summed E-state index contributed by atoms with van der Waals surface area (Å²) >= 11 is 0. The van der Waals surface area contributed by atoms with Crippen LogP contribution in [0.2, 0.25) is 0 Å². The van der Waals surface area contributed by atoms with E-state index in [0.717, 1.165) is 12.8 Å². The molecule has 80 valence electrons. The van der Waals surface area contributed by atoms with Crippen LogP contribution in [0.15, 0.2) is 0 Å². The van der Waals surface area contributed by atoms with Crippen molar-refractivity contribution in [3.63, 3.8) is 0 Å². The van der Waals surface area contributed by atoms with Crippen LogP contribution < -0.4 is 0 Å². The molecule has 0 radical (unpaired) electrons. The van der Waals surface area contributed by atoms with Crippen molar-refractivity contribution >= 4 is 10.0 Å². The van der Waals surface area contributed by atoms with Crippen LogP contribution in [0.1, 0.15) is 39.5 Å². The molecule has 0 aromatic rings. The molecule has 0 aromatic carbocycles. The van der Waals surface area contributed by atoms with Crippen molar-refractivity contribution in [1.82, 2.24) is 4.53 Å². The zero-order valence-electron chi connectivity index (χ0n) is 8.29. The van der Waals surface area contributed by atoms with Crippen LogP contribution in [-0.2, 0) is 10.0 Å². The van der Waals surface area contributed by atoms with E-state index >= 15 is 0 Å². The van der Waals surface area contributed by atoms with Crippen molar-refractivity contribution in [1.29, 1.82) is 0 Å². The van der Waals surface area contributed by atoms with Crippen molar-refractivity contribution in [3.05, 3.63) is 0 Å². The lowest BCUT2D eigenvalue weighted by Crippen LogP contribution is -2.26. The molecule has 5 heteroatoms. The number of hydrogen-bond donors (Lipinski definition) is 0. The molecule has 0 aliphatic carbocycles. The summed E-state index contributed by atoms with van der Waals surface area (Å²) in [6, 6.07) is 0. The number of rotatable bonds is 7. The first kappa shape index (κ1) is 12.8. The predicted molar refractivity (Wildman–Crippen MR) is 51.4 cm³/mol. The lowest BCUT2D eigenvalue weighted by atomic mass is 10.3. The summed E-state index contributed by atoms with van der Waals surface area (Å²) in [5.74, 6) is -0.102. The van der Waals surface area contributed by atoms with E-state index in [9.17, 15) is 12.9 Å². The second-order valence-electron chi connectivity index (χ2n) is 3.03. The van der Waals surface area contributed by atoms with E-state index in [1.54, 1.807) is 6.92 Å². The molecule has 0 bridgehead atoms. The predicted octanol–water partition coefficient (Wildman–Crippen LogP) is 2.10. The van der Waals surface area contributed by atoms with Crippen molar-refractivity contribution in [2.75, 3.05) is 12.3 Å². The Morgan fingerprint density at radius 3 is 2.23 bits per heavy atom. The average Bonchev–Trinajstić information content (AvgIpc) is 2.04. The van der Waals surface area contributed by atoms with Gasteiger partial charge in [0.2, 0.25) is 10.0 Å². The summed E-state index contributed by atoms with van der Waals surface area (Å²) in [6.45, 7) is 3.71. The van der Waals surface area contributed by atoms with Crippen molar-refractivity contribution < 1.29 is 12.9 Å². The van der Waals surface area contributed by atoms with Crippen molar-refractivity contribution in [2.24, 2.45) is 0 Å². The maximum absolute atomic E-state index is 12.9. The summed E-state index contributed by atoms with van der Waals surface area (Å²) in [6.07, 6.45) is 2.87. The molecule has 0 N–H and O–H groups in total. The van der Waals surface area contributed by atoms with Gasteiger partial charge in [-0.2, -0.15) is 0 Å². The first-order chi connectivity index (χ1) is 6.04. The molecule has 0 heterocycles. The highest BCUT2D eigenvalue weighted by Crippen LogP contribution is 2.06. The van der Waals surface area contributed by atoms with Crippen LogP contribution >= 0.6 is 0 Å². The van der Waals surface area contributed by atoms with Crippen LogP contribution in [0.4, 0.5) is 4.48 Å². The summed E-state index contributed by atoms with van der Waals surface area (Å²) in [5, 5.41) is 0. The van der Waals surface area contributed by atoms with Gasteiger partial charge in [0.25, 0.3) is 0 Å². The fourth-order valence-electron chi connectivity index (χ4n) is 0.982. The van der Waals surface area contributed by atoms with Gasteiger partial charge in [0.15, 0.2) is 0 Å². The number of halogens is 1. The fraction of sp³-hybridized carbons (Fsp3) is 1.00. The minimum absolute atomic E-state index is 0.00380. The Morgan fingerprint density at radius 2 is 1.77 bits per heavy atom. The lowest BCUT2D eigenvalue weighted by Gasteiger charge is -2.10. The summed E-state index contributed by atoms with van der Waals surface area (Å²) in [7, 11) is -3.62. The van der Waals surface area contributed by atoms with E-state index in [2.05, 4.69) is 0 Å². The number of sulfonamides is 1. The van der Waals surface area contributed by atoms with Gasteiger partial charge >= 0.3 is 0 Å². The van der Waals surface area contributed by atoms with E-state index in [1.807, 2.05) is 6.92 Å². The molecule has 0 aromatic heterocycles. The maximum Gasteiger partial charge on any atom is 0.240 e. The number of hydrogen-bond acceptors (Lipinski definition) is 2. The van der Waals surface area contributed by atoms with E-state index in [4.69, 9.17) is 0 Å². The summed E-state index contributed by atoms with van der Waals surface area (Å²) in [5.41, 5.74) is 0. The van der Waals surface area contributed by atoms with E-state index in [1.165, 1.54) is 0 Å². The summed E-state index contributed by atoms with van der Waals surface area (Å²) in [4.78, 5) is 0. The Balaban J connectivity index is 3.87. The van der Waals surface area contributed by atoms with E-state index in [-0.39, 0.29) is 16.8 Å². The van der Waals surface area contributed by atoms with Gasteiger partial charge < -0.3 is 0 Å². The zero-order valence-corrected chi connectivity index (χ0v) is 9.11. The molecular weight excluding hydrogens is 193 g/mol. The van der Waals surface area contributed by atoms with Gasteiger partial charge in [0.05, 0.1) is 5.75 Å². The van der Waals surface area contributed by atoms with E-state index in [0.29, 0.717) is 12.8 Å². The molecule has 0 aliphatic heterocycles. The van der Waals surface area contributed by atoms with Crippen LogP contribution in [0.3, 0.4) is 0 Å². The topological polar surface area (TPSA) is 37.4 Å². The molecular formula is C8H18FNO2S. The number of unbranched alkanes of at least 4 members (excludes halogenated alkanes) is 2. The van der Waals surface area contributed by atoms with Gasteiger partial charge in [-0.3, -0.25) is 0 Å². The molecule has 0 atom stereocenters. The quantitative estimate of drug-likeness (QED) is 0.477. The van der Waals surface area contributed by atoms with Crippen LogP contribution in [0.5, 0.6) is 0 Å². The molecule has 0 rings (SSSR count). The van der Waals surface area contributed by atoms with Gasteiger partial charge in [-0.05, 0) is 17.4 Å². The first-order valence-corrected chi connectivity index (χ1v) is 6.31. The molecule has 0 saturated carbocycles. The SMILES string of the molecule is CCCCCN(F)S(=O)(=O)CCC. The molecule has 0 aliphatic rings. The molecule has 0 unspecified atom stereocenters. The van der Waals surface area contributed by atoms with Gasteiger partial charge in [-0.25, -0.2) is 8.42 Å². The molecule has 3 nitrogen and oxygen atoms in total. The summed E-state index contributed by atoms with van der Waals surface area (Å²) < 4.78 is 35.1. The lowest BCUT2D eigenvalue weighted by molar-refractivity contribution is 0.136. The minimum atomic E-state index is -3.62. The molecule has 13 heavy (non-hydrogen) atoms. The largest absolute Gasteiger partial charge is 0.240 e. The van der Waals surface area contributed by atoms with Gasteiger partial charge in [0, 0.05) is 6.54 Å². The highest BCUT2D eigenvalue weighted by Gasteiger charge is 2.19. The Hall–Kier alpha value is -0.160. The second-order valence-corrected chi connectivity index (χ2v) is 5.00. The zero-order chi connectivity index (χ0) is 10.3. The highest BCUT2D eigenvalue weighted by atomic mass is 32.2. The Bertz CT molecular complexity index is 216. The molecule has 0 amide bonds. The maximum atomic E-state index is 12.9. The molecule has 0 fully saturated rings. The normalized spacial score (nSPS) is 12.3. The first-order valence-electron chi connectivity index (χ1n) is 4.70. The van der Waals surface area contributed by atoms with Crippen LogP contribution in [0, 0.1) is 0 Å². The van der Waals surface area contributed by atoms with Crippen LogP contribution in [0.25, 0.3) is 0 Å². The average molecular weight is 211 g/mol. The third kappa shape index (κ3) is 5.21. The van der Waals surface area contributed by atoms with Crippen molar-refractivity contribution in [3.8, 4) is 0 Å². The second kappa shape index (κ2) is 6.32. The third-order valence-corrected chi connectivity index (χ3v) is 3.41.